The highest BCUT2D eigenvalue weighted by molar-refractivity contribution is 5.76. The summed E-state index contributed by atoms with van der Waals surface area (Å²) in [7, 11) is 1.83. The molecule has 1 aliphatic heterocycles. The second kappa shape index (κ2) is 6.91. The second-order valence-corrected chi connectivity index (χ2v) is 5.75. The molecule has 6 heteroatoms. The van der Waals surface area contributed by atoms with Crippen LogP contribution in [0.1, 0.15) is 18.7 Å². The Labute approximate surface area is 134 Å². The molecule has 1 saturated heterocycles. The van der Waals surface area contributed by atoms with Gasteiger partial charge in [-0.1, -0.05) is 12.1 Å². The molecule has 1 fully saturated rings. The molecular weight excluding hydrogens is 297 g/mol. The maximum atomic E-state index is 13.7. The number of benzene rings is 1. The summed E-state index contributed by atoms with van der Waals surface area (Å²) in [5.41, 5.74) is 0.381. The number of amides is 1. The Balaban J connectivity index is 1.59. The van der Waals surface area contributed by atoms with Gasteiger partial charge in [-0.15, -0.1) is 0 Å². The molecule has 122 valence electrons. The van der Waals surface area contributed by atoms with Crippen molar-refractivity contribution in [2.75, 3.05) is 20.1 Å². The topological polar surface area (TPSA) is 58.4 Å². The summed E-state index contributed by atoms with van der Waals surface area (Å²) in [6.07, 6.45) is 3.24. The van der Waals surface area contributed by atoms with Gasteiger partial charge in [-0.05, 0) is 25.1 Å². The van der Waals surface area contributed by atoms with Crippen molar-refractivity contribution in [2.45, 2.75) is 25.3 Å². The number of aromatic nitrogens is 1. The molecule has 1 atom stereocenters. The fraction of sp³-hybridized carbons (Fsp3) is 0.412. The van der Waals surface area contributed by atoms with Crippen LogP contribution in [-0.4, -0.2) is 42.0 Å². The average molecular weight is 317 g/mol. The Morgan fingerprint density at radius 3 is 3.04 bits per heavy atom. The third-order valence-electron chi connectivity index (χ3n) is 4.22. The number of carbonyl (C=O) groups is 1. The SMILES string of the molecule is CN(C(=O)CCc1ncc(-c2ccccc2F)o1)C1CCNC1. The summed E-state index contributed by atoms with van der Waals surface area (Å²) in [6.45, 7) is 1.80. The van der Waals surface area contributed by atoms with Crippen LogP contribution in [0.2, 0.25) is 0 Å². The first kappa shape index (κ1) is 15.7. The molecule has 0 saturated carbocycles. The normalized spacial score (nSPS) is 17.4. The molecule has 0 spiro atoms. The first-order valence-electron chi connectivity index (χ1n) is 7.81. The maximum Gasteiger partial charge on any atom is 0.223 e. The minimum atomic E-state index is -0.347. The number of rotatable bonds is 5. The number of carbonyl (C=O) groups excluding carboxylic acids is 1. The Bertz CT molecular complexity index is 680. The van der Waals surface area contributed by atoms with Crippen molar-refractivity contribution in [1.29, 1.82) is 0 Å². The van der Waals surface area contributed by atoms with Crippen LogP contribution < -0.4 is 5.32 Å². The predicted octanol–water partition coefficient (Wildman–Crippen LogP) is 2.23. The highest BCUT2D eigenvalue weighted by Gasteiger charge is 2.23. The van der Waals surface area contributed by atoms with E-state index in [1.54, 1.807) is 23.1 Å². The third kappa shape index (κ3) is 3.59. The number of aryl methyl sites for hydroxylation is 1. The number of nitrogens with zero attached hydrogens (tertiary/aromatic N) is 2. The summed E-state index contributed by atoms with van der Waals surface area (Å²) in [5.74, 6) is 0.567. The first-order chi connectivity index (χ1) is 11.1. The lowest BCUT2D eigenvalue weighted by Gasteiger charge is -2.23. The van der Waals surface area contributed by atoms with E-state index >= 15 is 0 Å². The van der Waals surface area contributed by atoms with E-state index < -0.39 is 0 Å². The molecule has 1 aliphatic rings. The van der Waals surface area contributed by atoms with Crippen LogP contribution in [0.4, 0.5) is 4.39 Å². The van der Waals surface area contributed by atoms with Gasteiger partial charge in [0.2, 0.25) is 5.91 Å². The van der Waals surface area contributed by atoms with E-state index in [4.69, 9.17) is 4.42 Å². The minimum absolute atomic E-state index is 0.0735. The summed E-state index contributed by atoms with van der Waals surface area (Å²) < 4.78 is 19.3. The van der Waals surface area contributed by atoms with Gasteiger partial charge < -0.3 is 14.6 Å². The van der Waals surface area contributed by atoms with Crippen LogP contribution in [0.5, 0.6) is 0 Å². The van der Waals surface area contributed by atoms with Gasteiger partial charge in [0, 0.05) is 32.5 Å². The molecule has 5 nitrogen and oxygen atoms in total. The molecule has 1 amide bonds. The molecule has 1 aromatic carbocycles. The number of nitrogens with one attached hydrogen (secondary N) is 1. The van der Waals surface area contributed by atoms with Gasteiger partial charge in [0.15, 0.2) is 11.7 Å². The van der Waals surface area contributed by atoms with Crippen LogP contribution >= 0.6 is 0 Å². The molecule has 2 heterocycles. The largest absolute Gasteiger partial charge is 0.441 e. The summed E-state index contributed by atoms with van der Waals surface area (Å²) in [6, 6.07) is 6.66. The number of likely N-dealkylation sites (N-methyl/N-ethyl adjacent to an activating group) is 1. The van der Waals surface area contributed by atoms with Crippen molar-refractivity contribution < 1.29 is 13.6 Å². The quantitative estimate of drug-likeness (QED) is 0.919. The van der Waals surface area contributed by atoms with E-state index in [1.165, 1.54) is 12.3 Å². The van der Waals surface area contributed by atoms with Crippen LogP contribution in [0.3, 0.4) is 0 Å². The lowest BCUT2D eigenvalue weighted by atomic mass is 10.2. The highest BCUT2D eigenvalue weighted by Crippen LogP contribution is 2.23. The van der Waals surface area contributed by atoms with Gasteiger partial charge in [-0.25, -0.2) is 9.37 Å². The number of hydrogen-bond acceptors (Lipinski definition) is 4. The molecule has 0 radical (unpaired) electrons. The van der Waals surface area contributed by atoms with Crippen LogP contribution in [-0.2, 0) is 11.2 Å². The number of oxazole rings is 1. The lowest BCUT2D eigenvalue weighted by molar-refractivity contribution is -0.131. The molecule has 0 aliphatic carbocycles. The van der Waals surface area contributed by atoms with Gasteiger partial charge in [-0.3, -0.25) is 4.79 Å². The lowest BCUT2D eigenvalue weighted by Crippen LogP contribution is -2.38. The van der Waals surface area contributed by atoms with Gasteiger partial charge in [-0.2, -0.15) is 0 Å². The zero-order valence-electron chi connectivity index (χ0n) is 13.1. The van der Waals surface area contributed by atoms with Crippen LogP contribution in [0.15, 0.2) is 34.9 Å². The van der Waals surface area contributed by atoms with E-state index in [2.05, 4.69) is 10.3 Å². The third-order valence-corrected chi connectivity index (χ3v) is 4.22. The molecule has 1 N–H and O–H groups in total. The van der Waals surface area contributed by atoms with Crippen LogP contribution in [0, 0.1) is 5.82 Å². The zero-order chi connectivity index (χ0) is 16.2. The van der Waals surface area contributed by atoms with Crippen molar-refractivity contribution in [3.05, 3.63) is 42.2 Å². The standard InChI is InChI=1S/C17H20FN3O2/c1-21(12-8-9-19-10-12)17(22)7-6-16-20-11-15(23-16)13-4-2-3-5-14(13)18/h2-5,11-12,19H,6-10H2,1H3. The predicted molar refractivity (Wildman–Crippen MR) is 84.3 cm³/mol. The number of halogens is 1. The Morgan fingerprint density at radius 1 is 1.48 bits per heavy atom. The Morgan fingerprint density at radius 2 is 2.30 bits per heavy atom. The van der Waals surface area contributed by atoms with E-state index in [0.717, 1.165) is 19.5 Å². The number of hydrogen-bond donors (Lipinski definition) is 1. The summed E-state index contributed by atoms with van der Waals surface area (Å²) >= 11 is 0. The van der Waals surface area contributed by atoms with E-state index in [-0.39, 0.29) is 17.8 Å². The maximum absolute atomic E-state index is 13.7. The fourth-order valence-corrected chi connectivity index (χ4v) is 2.78. The van der Waals surface area contributed by atoms with Gasteiger partial charge in [0.05, 0.1) is 11.8 Å². The second-order valence-electron chi connectivity index (χ2n) is 5.75. The summed E-state index contributed by atoms with van der Waals surface area (Å²) in [5, 5.41) is 3.25. The van der Waals surface area contributed by atoms with Crippen molar-refractivity contribution >= 4 is 5.91 Å². The highest BCUT2D eigenvalue weighted by atomic mass is 19.1. The smallest absolute Gasteiger partial charge is 0.223 e. The Hall–Kier alpha value is -2.21. The first-order valence-corrected chi connectivity index (χ1v) is 7.81. The molecule has 2 aromatic rings. The van der Waals surface area contributed by atoms with Crippen molar-refractivity contribution in [2.24, 2.45) is 0 Å². The van der Waals surface area contributed by atoms with Gasteiger partial charge in [0.25, 0.3) is 0 Å². The van der Waals surface area contributed by atoms with E-state index in [1.807, 2.05) is 7.05 Å². The average Bonchev–Trinajstić information content (AvgIpc) is 3.24. The van der Waals surface area contributed by atoms with Gasteiger partial charge >= 0.3 is 0 Å². The van der Waals surface area contributed by atoms with Crippen molar-refractivity contribution in [3.8, 4) is 11.3 Å². The Kier molecular flexibility index (Phi) is 4.71. The van der Waals surface area contributed by atoms with E-state index in [0.29, 0.717) is 30.1 Å². The monoisotopic (exact) mass is 317 g/mol. The molecule has 1 unspecified atom stereocenters. The van der Waals surface area contributed by atoms with E-state index in [9.17, 15) is 9.18 Å². The molecule has 1 aromatic heterocycles. The molecule has 23 heavy (non-hydrogen) atoms. The summed E-state index contributed by atoms with van der Waals surface area (Å²) in [4.78, 5) is 18.1. The van der Waals surface area contributed by atoms with Gasteiger partial charge in [0.1, 0.15) is 5.82 Å². The molecule has 0 bridgehead atoms. The van der Waals surface area contributed by atoms with Crippen molar-refractivity contribution in [3.63, 3.8) is 0 Å². The molecular formula is C17H20FN3O2. The fourth-order valence-electron chi connectivity index (χ4n) is 2.78. The molecule has 3 rings (SSSR count). The van der Waals surface area contributed by atoms with Crippen molar-refractivity contribution in [1.82, 2.24) is 15.2 Å². The van der Waals surface area contributed by atoms with Crippen LogP contribution in [0.25, 0.3) is 11.3 Å². The zero-order valence-corrected chi connectivity index (χ0v) is 13.1. The minimum Gasteiger partial charge on any atom is -0.441 e.